The molecule has 0 radical (unpaired) electrons. The van der Waals surface area contributed by atoms with Gasteiger partial charge in [-0.2, -0.15) is 0 Å². The SMILES string of the molecule is Cc1cnccc1-c1cc(-c2ccc3c(c2)N(C)C(=O)C3(C)C)no1. The van der Waals surface area contributed by atoms with Crippen LogP contribution in [0.4, 0.5) is 5.69 Å². The number of rotatable bonds is 2. The zero-order valence-electron chi connectivity index (χ0n) is 14.7. The molecule has 126 valence electrons. The third-order valence-electron chi connectivity index (χ3n) is 4.96. The van der Waals surface area contributed by atoms with Crippen LogP contribution in [0.2, 0.25) is 0 Å². The molecule has 0 N–H and O–H groups in total. The summed E-state index contributed by atoms with van der Waals surface area (Å²) in [6, 6.07) is 9.85. The summed E-state index contributed by atoms with van der Waals surface area (Å²) in [6.45, 7) is 5.90. The number of likely N-dealkylation sites (N-methyl/N-ethyl adjacent to an activating group) is 1. The van der Waals surface area contributed by atoms with E-state index in [0.29, 0.717) is 5.76 Å². The van der Waals surface area contributed by atoms with Crippen LogP contribution in [-0.4, -0.2) is 23.1 Å². The Hall–Kier alpha value is -2.95. The van der Waals surface area contributed by atoms with Crippen LogP contribution in [-0.2, 0) is 10.2 Å². The molecular formula is C20H19N3O2. The van der Waals surface area contributed by atoms with E-state index in [1.807, 2.05) is 58.2 Å². The number of pyridine rings is 1. The van der Waals surface area contributed by atoms with Crippen molar-refractivity contribution in [2.75, 3.05) is 11.9 Å². The van der Waals surface area contributed by atoms with Gasteiger partial charge in [0.05, 0.1) is 5.41 Å². The Kier molecular flexibility index (Phi) is 3.29. The summed E-state index contributed by atoms with van der Waals surface area (Å²) in [4.78, 5) is 18.3. The van der Waals surface area contributed by atoms with Crippen LogP contribution in [0.1, 0.15) is 25.0 Å². The van der Waals surface area contributed by atoms with Crippen LogP contribution in [0.5, 0.6) is 0 Å². The molecule has 5 heteroatoms. The molecule has 4 rings (SSSR count). The first-order valence-electron chi connectivity index (χ1n) is 8.20. The molecule has 2 aromatic heterocycles. The molecule has 0 saturated carbocycles. The minimum atomic E-state index is -0.494. The second-order valence-corrected chi connectivity index (χ2v) is 6.99. The third kappa shape index (κ3) is 2.27. The monoisotopic (exact) mass is 333 g/mol. The lowest BCUT2D eigenvalue weighted by atomic mass is 9.85. The van der Waals surface area contributed by atoms with E-state index < -0.39 is 5.41 Å². The van der Waals surface area contributed by atoms with Gasteiger partial charge in [0.15, 0.2) is 5.76 Å². The van der Waals surface area contributed by atoms with E-state index in [1.165, 1.54) is 0 Å². The second-order valence-electron chi connectivity index (χ2n) is 6.99. The summed E-state index contributed by atoms with van der Waals surface area (Å²) in [7, 11) is 1.81. The van der Waals surface area contributed by atoms with Crippen molar-refractivity contribution < 1.29 is 9.32 Å². The van der Waals surface area contributed by atoms with Crippen molar-refractivity contribution in [3.63, 3.8) is 0 Å². The number of benzene rings is 1. The van der Waals surface area contributed by atoms with Crippen LogP contribution in [0.25, 0.3) is 22.6 Å². The first-order chi connectivity index (χ1) is 11.9. The highest BCUT2D eigenvalue weighted by Crippen LogP contribution is 2.42. The normalized spacial score (nSPS) is 15.5. The van der Waals surface area contributed by atoms with Crippen LogP contribution >= 0.6 is 0 Å². The molecule has 5 nitrogen and oxygen atoms in total. The van der Waals surface area contributed by atoms with Crippen LogP contribution in [0, 0.1) is 6.92 Å². The smallest absolute Gasteiger partial charge is 0.236 e. The number of nitrogens with zero attached hydrogens (tertiary/aromatic N) is 3. The topological polar surface area (TPSA) is 59.2 Å². The zero-order valence-corrected chi connectivity index (χ0v) is 14.7. The Morgan fingerprint density at radius 2 is 1.96 bits per heavy atom. The fraction of sp³-hybridized carbons (Fsp3) is 0.250. The number of carbonyl (C=O) groups is 1. The first-order valence-corrected chi connectivity index (χ1v) is 8.20. The maximum Gasteiger partial charge on any atom is 0.236 e. The molecule has 1 amide bonds. The Morgan fingerprint density at radius 1 is 1.16 bits per heavy atom. The van der Waals surface area contributed by atoms with Gasteiger partial charge in [-0.05, 0) is 44.0 Å². The van der Waals surface area contributed by atoms with Gasteiger partial charge in [0.25, 0.3) is 0 Å². The highest BCUT2D eigenvalue weighted by Gasteiger charge is 2.42. The van der Waals surface area contributed by atoms with Gasteiger partial charge in [0.2, 0.25) is 5.91 Å². The van der Waals surface area contributed by atoms with Crippen molar-refractivity contribution in [1.82, 2.24) is 10.1 Å². The van der Waals surface area contributed by atoms with Crippen molar-refractivity contribution in [3.05, 3.63) is 53.9 Å². The number of anilines is 1. The summed E-state index contributed by atoms with van der Waals surface area (Å²) >= 11 is 0. The molecule has 25 heavy (non-hydrogen) atoms. The Labute approximate surface area is 146 Å². The maximum atomic E-state index is 12.4. The molecule has 1 aliphatic heterocycles. The maximum absolute atomic E-state index is 12.4. The first kappa shape index (κ1) is 15.6. The summed E-state index contributed by atoms with van der Waals surface area (Å²) in [5.41, 5.74) is 5.16. The third-order valence-corrected chi connectivity index (χ3v) is 4.96. The molecule has 0 unspecified atom stereocenters. The van der Waals surface area contributed by atoms with Gasteiger partial charge >= 0.3 is 0 Å². The highest BCUT2D eigenvalue weighted by molar-refractivity contribution is 6.07. The number of aromatic nitrogens is 2. The standard InChI is InChI=1S/C20H19N3O2/c1-12-11-21-8-7-14(12)18-10-16(22-25-18)13-5-6-15-17(9-13)23(4)19(24)20(15,2)3/h5-11H,1-4H3. The minimum absolute atomic E-state index is 0.105. The average molecular weight is 333 g/mol. The van der Waals surface area contributed by atoms with Gasteiger partial charge in [-0.25, -0.2) is 0 Å². The molecule has 0 atom stereocenters. The van der Waals surface area contributed by atoms with Gasteiger partial charge in [-0.1, -0.05) is 17.3 Å². The van der Waals surface area contributed by atoms with E-state index in [4.69, 9.17) is 4.52 Å². The molecule has 0 fully saturated rings. The van der Waals surface area contributed by atoms with E-state index in [9.17, 15) is 4.79 Å². The lowest BCUT2D eigenvalue weighted by Gasteiger charge is -2.16. The number of carbonyl (C=O) groups excluding carboxylic acids is 1. The molecule has 0 saturated heterocycles. The van der Waals surface area contributed by atoms with Gasteiger partial charge in [0, 0.05) is 42.3 Å². The minimum Gasteiger partial charge on any atom is -0.356 e. The largest absolute Gasteiger partial charge is 0.356 e. The van der Waals surface area contributed by atoms with Gasteiger partial charge in [-0.3, -0.25) is 9.78 Å². The van der Waals surface area contributed by atoms with Crippen molar-refractivity contribution in [2.45, 2.75) is 26.2 Å². The number of aryl methyl sites for hydroxylation is 1. The van der Waals surface area contributed by atoms with E-state index >= 15 is 0 Å². The molecule has 1 aliphatic rings. The van der Waals surface area contributed by atoms with E-state index in [-0.39, 0.29) is 5.91 Å². The van der Waals surface area contributed by atoms with Gasteiger partial charge in [0.1, 0.15) is 5.69 Å². The van der Waals surface area contributed by atoms with Crippen molar-refractivity contribution in [1.29, 1.82) is 0 Å². The van der Waals surface area contributed by atoms with Crippen molar-refractivity contribution in [2.24, 2.45) is 0 Å². The predicted molar refractivity (Wildman–Crippen MR) is 96.3 cm³/mol. The van der Waals surface area contributed by atoms with Crippen molar-refractivity contribution in [3.8, 4) is 22.6 Å². The molecule has 1 aromatic carbocycles. The molecule has 3 heterocycles. The van der Waals surface area contributed by atoms with Crippen LogP contribution < -0.4 is 4.90 Å². The summed E-state index contributed by atoms with van der Waals surface area (Å²) in [5.74, 6) is 0.813. The van der Waals surface area contributed by atoms with E-state index in [2.05, 4.69) is 10.1 Å². The Balaban J connectivity index is 1.76. The predicted octanol–water partition coefficient (Wildman–Crippen LogP) is 3.97. The second kappa shape index (κ2) is 5.28. The average Bonchev–Trinajstić information content (AvgIpc) is 3.15. The number of amides is 1. The fourth-order valence-electron chi connectivity index (χ4n) is 3.43. The van der Waals surface area contributed by atoms with E-state index in [0.717, 1.165) is 33.6 Å². The lowest BCUT2D eigenvalue weighted by Crippen LogP contribution is -2.33. The molecule has 0 bridgehead atoms. The quantitative estimate of drug-likeness (QED) is 0.712. The number of fused-ring (bicyclic) bond motifs is 1. The zero-order chi connectivity index (χ0) is 17.8. The van der Waals surface area contributed by atoms with Crippen molar-refractivity contribution >= 4 is 11.6 Å². The number of hydrogen-bond acceptors (Lipinski definition) is 4. The Bertz CT molecular complexity index is 988. The number of hydrogen-bond donors (Lipinski definition) is 0. The molecule has 0 aliphatic carbocycles. The lowest BCUT2D eigenvalue weighted by molar-refractivity contribution is -0.121. The summed E-state index contributed by atoms with van der Waals surface area (Å²) < 4.78 is 5.54. The molecular weight excluding hydrogens is 314 g/mol. The van der Waals surface area contributed by atoms with Crippen LogP contribution in [0.15, 0.2) is 47.2 Å². The van der Waals surface area contributed by atoms with Gasteiger partial charge < -0.3 is 9.42 Å². The highest BCUT2D eigenvalue weighted by atomic mass is 16.5. The molecule has 3 aromatic rings. The van der Waals surface area contributed by atoms with Crippen LogP contribution in [0.3, 0.4) is 0 Å². The summed E-state index contributed by atoms with van der Waals surface area (Å²) in [5, 5.41) is 4.21. The Morgan fingerprint density at radius 3 is 2.72 bits per heavy atom. The fourth-order valence-corrected chi connectivity index (χ4v) is 3.43. The van der Waals surface area contributed by atoms with E-state index in [1.54, 1.807) is 17.3 Å². The van der Waals surface area contributed by atoms with Gasteiger partial charge in [-0.15, -0.1) is 0 Å². The summed E-state index contributed by atoms with van der Waals surface area (Å²) in [6.07, 6.45) is 3.54. The molecule has 0 spiro atoms.